The third kappa shape index (κ3) is 7.11. The lowest BCUT2D eigenvalue weighted by Crippen LogP contribution is -2.32. The third-order valence-corrected chi connectivity index (χ3v) is 5.53. The van der Waals surface area contributed by atoms with Gasteiger partial charge in [0.2, 0.25) is 23.8 Å². The van der Waals surface area contributed by atoms with Crippen LogP contribution in [0.25, 0.3) is 0 Å². The number of nitrogens with one attached hydrogen (secondary N) is 4. The summed E-state index contributed by atoms with van der Waals surface area (Å²) in [6.45, 7) is 7.22. The zero-order chi connectivity index (χ0) is 26.4. The zero-order valence-corrected chi connectivity index (χ0v) is 21.2. The van der Waals surface area contributed by atoms with Crippen molar-refractivity contribution in [3.8, 4) is 0 Å². The SMILES string of the molecule is CC(=O)c1cccc(NC(=O)C(C)Nc2nc(Nc3ccc(C)cc3)nc(Nc3ccc(C)cc3)n2)c1. The molecule has 1 amide bonds. The molecule has 37 heavy (non-hydrogen) atoms. The van der Waals surface area contributed by atoms with Crippen LogP contribution in [0.2, 0.25) is 0 Å². The van der Waals surface area contributed by atoms with Crippen LogP contribution in [-0.2, 0) is 4.79 Å². The average molecular weight is 496 g/mol. The van der Waals surface area contributed by atoms with E-state index in [0.717, 1.165) is 22.5 Å². The van der Waals surface area contributed by atoms with Crippen LogP contribution in [0.3, 0.4) is 0 Å². The van der Waals surface area contributed by atoms with Gasteiger partial charge in [0.15, 0.2) is 5.78 Å². The van der Waals surface area contributed by atoms with Gasteiger partial charge in [-0.25, -0.2) is 0 Å². The van der Waals surface area contributed by atoms with Gasteiger partial charge in [0.1, 0.15) is 6.04 Å². The van der Waals surface area contributed by atoms with Gasteiger partial charge in [0.05, 0.1) is 0 Å². The van der Waals surface area contributed by atoms with E-state index in [4.69, 9.17) is 0 Å². The molecule has 0 radical (unpaired) electrons. The van der Waals surface area contributed by atoms with Crippen LogP contribution in [0.15, 0.2) is 72.8 Å². The molecule has 1 heterocycles. The Balaban J connectivity index is 1.54. The highest BCUT2D eigenvalue weighted by molar-refractivity contribution is 5.99. The molecule has 188 valence electrons. The van der Waals surface area contributed by atoms with E-state index in [1.54, 1.807) is 31.2 Å². The Morgan fingerprint density at radius 3 is 1.73 bits per heavy atom. The predicted molar refractivity (Wildman–Crippen MR) is 147 cm³/mol. The van der Waals surface area contributed by atoms with Gasteiger partial charge in [-0.1, -0.05) is 47.5 Å². The number of Topliss-reactive ketones (excluding diaryl/α,β-unsaturated/α-hetero) is 1. The summed E-state index contributed by atoms with van der Waals surface area (Å²) in [7, 11) is 0. The minimum absolute atomic E-state index is 0.0744. The van der Waals surface area contributed by atoms with Gasteiger partial charge in [-0.05, 0) is 64.1 Å². The van der Waals surface area contributed by atoms with Crippen molar-refractivity contribution in [2.45, 2.75) is 33.7 Å². The number of carbonyl (C=O) groups excluding carboxylic acids is 2. The Morgan fingerprint density at radius 2 is 1.22 bits per heavy atom. The lowest BCUT2D eigenvalue weighted by Gasteiger charge is -2.16. The van der Waals surface area contributed by atoms with Crippen molar-refractivity contribution in [1.82, 2.24) is 15.0 Å². The van der Waals surface area contributed by atoms with E-state index in [1.165, 1.54) is 6.92 Å². The summed E-state index contributed by atoms with van der Waals surface area (Å²) in [5.74, 6) is 0.478. The fraction of sp³-hybridized carbons (Fsp3) is 0.179. The lowest BCUT2D eigenvalue weighted by atomic mass is 10.1. The van der Waals surface area contributed by atoms with Crippen molar-refractivity contribution in [2.75, 3.05) is 21.3 Å². The van der Waals surface area contributed by atoms with Crippen LogP contribution >= 0.6 is 0 Å². The van der Waals surface area contributed by atoms with Gasteiger partial charge in [-0.2, -0.15) is 15.0 Å². The zero-order valence-electron chi connectivity index (χ0n) is 21.2. The van der Waals surface area contributed by atoms with Gasteiger partial charge >= 0.3 is 0 Å². The van der Waals surface area contributed by atoms with Gasteiger partial charge in [0, 0.05) is 22.6 Å². The summed E-state index contributed by atoms with van der Waals surface area (Å²) in [6.07, 6.45) is 0. The smallest absolute Gasteiger partial charge is 0.246 e. The largest absolute Gasteiger partial charge is 0.342 e. The molecule has 1 unspecified atom stereocenters. The van der Waals surface area contributed by atoms with Gasteiger partial charge in [-0.15, -0.1) is 0 Å². The number of hydrogen-bond acceptors (Lipinski definition) is 8. The number of amides is 1. The maximum Gasteiger partial charge on any atom is 0.246 e. The Labute approximate surface area is 215 Å². The fourth-order valence-corrected chi connectivity index (χ4v) is 3.41. The molecule has 0 aliphatic rings. The van der Waals surface area contributed by atoms with Crippen LogP contribution in [0.4, 0.5) is 34.9 Å². The number of aryl methyl sites for hydroxylation is 2. The van der Waals surface area contributed by atoms with Crippen molar-refractivity contribution in [2.24, 2.45) is 0 Å². The van der Waals surface area contributed by atoms with E-state index in [-0.39, 0.29) is 17.6 Å². The second kappa shape index (κ2) is 11.3. The summed E-state index contributed by atoms with van der Waals surface area (Å²) in [4.78, 5) is 37.9. The van der Waals surface area contributed by atoms with E-state index in [1.807, 2.05) is 62.4 Å². The quantitative estimate of drug-likeness (QED) is 0.221. The molecular weight excluding hydrogens is 466 g/mol. The van der Waals surface area contributed by atoms with Crippen molar-refractivity contribution < 1.29 is 9.59 Å². The molecule has 0 spiro atoms. The fourth-order valence-electron chi connectivity index (χ4n) is 3.41. The monoisotopic (exact) mass is 495 g/mol. The molecule has 4 rings (SSSR count). The van der Waals surface area contributed by atoms with Gasteiger partial charge in [0.25, 0.3) is 0 Å². The van der Waals surface area contributed by atoms with Crippen LogP contribution in [0.1, 0.15) is 35.3 Å². The molecule has 1 aromatic heterocycles. The molecule has 0 saturated carbocycles. The number of ketones is 1. The Morgan fingerprint density at radius 1 is 0.703 bits per heavy atom. The van der Waals surface area contributed by atoms with Crippen molar-refractivity contribution in [3.05, 3.63) is 89.5 Å². The first-order valence-electron chi connectivity index (χ1n) is 11.9. The topological polar surface area (TPSA) is 121 Å². The first-order valence-corrected chi connectivity index (χ1v) is 11.9. The van der Waals surface area contributed by atoms with E-state index in [0.29, 0.717) is 23.1 Å². The molecule has 0 saturated heterocycles. The maximum atomic E-state index is 12.9. The second-order valence-corrected chi connectivity index (χ2v) is 8.78. The highest BCUT2D eigenvalue weighted by atomic mass is 16.2. The highest BCUT2D eigenvalue weighted by Gasteiger charge is 2.17. The number of aromatic nitrogens is 3. The van der Waals surface area contributed by atoms with Gasteiger partial charge in [-0.3, -0.25) is 9.59 Å². The Hall–Kier alpha value is -4.79. The maximum absolute atomic E-state index is 12.9. The van der Waals surface area contributed by atoms with E-state index >= 15 is 0 Å². The number of anilines is 6. The van der Waals surface area contributed by atoms with E-state index in [2.05, 4.69) is 36.2 Å². The number of nitrogens with zero attached hydrogens (tertiary/aromatic N) is 3. The molecule has 9 heteroatoms. The van der Waals surface area contributed by atoms with Crippen molar-refractivity contribution in [1.29, 1.82) is 0 Å². The highest BCUT2D eigenvalue weighted by Crippen LogP contribution is 2.20. The summed E-state index contributed by atoms with van der Waals surface area (Å²) < 4.78 is 0. The van der Waals surface area contributed by atoms with Crippen molar-refractivity contribution >= 4 is 46.6 Å². The van der Waals surface area contributed by atoms with E-state index < -0.39 is 6.04 Å². The molecule has 0 aliphatic carbocycles. The molecule has 3 aromatic carbocycles. The van der Waals surface area contributed by atoms with Crippen LogP contribution < -0.4 is 21.3 Å². The molecule has 4 aromatic rings. The molecule has 0 aliphatic heterocycles. The number of rotatable bonds is 9. The predicted octanol–water partition coefficient (Wildman–Crippen LogP) is 5.62. The van der Waals surface area contributed by atoms with Crippen LogP contribution in [-0.4, -0.2) is 32.7 Å². The first kappa shape index (κ1) is 25.3. The normalized spacial score (nSPS) is 11.4. The summed E-state index contributed by atoms with van der Waals surface area (Å²) in [5.41, 5.74) is 4.97. The molecular formula is C28H29N7O2. The number of carbonyl (C=O) groups is 2. The number of benzene rings is 3. The van der Waals surface area contributed by atoms with Crippen LogP contribution in [0, 0.1) is 13.8 Å². The van der Waals surface area contributed by atoms with Gasteiger partial charge < -0.3 is 21.3 Å². The molecule has 9 nitrogen and oxygen atoms in total. The molecule has 0 bridgehead atoms. The van der Waals surface area contributed by atoms with Crippen molar-refractivity contribution in [3.63, 3.8) is 0 Å². The summed E-state index contributed by atoms with van der Waals surface area (Å²) in [5, 5.41) is 12.3. The third-order valence-electron chi connectivity index (χ3n) is 5.53. The van der Waals surface area contributed by atoms with E-state index in [9.17, 15) is 9.59 Å². The summed E-state index contributed by atoms with van der Waals surface area (Å²) in [6, 6.07) is 21.8. The lowest BCUT2D eigenvalue weighted by molar-refractivity contribution is -0.116. The minimum Gasteiger partial charge on any atom is -0.342 e. The molecule has 1 atom stereocenters. The second-order valence-electron chi connectivity index (χ2n) is 8.78. The molecule has 4 N–H and O–H groups in total. The Kier molecular flexibility index (Phi) is 7.73. The minimum atomic E-state index is -0.678. The standard InChI is InChI=1S/C28H29N7O2/c1-17-8-12-22(13-9-17)31-27-33-26(34-28(35-27)32-23-14-10-18(2)11-15-23)29-19(3)25(37)30-24-7-5-6-21(16-24)20(4)36/h5-16,19H,1-4H3,(H,30,37)(H3,29,31,32,33,34,35). The first-order chi connectivity index (χ1) is 17.7. The summed E-state index contributed by atoms with van der Waals surface area (Å²) >= 11 is 0. The average Bonchev–Trinajstić information content (AvgIpc) is 2.87. The van der Waals surface area contributed by atoms with Crippen LogP contribution in [0.5, 0.6) is 0 Å². The number of hydrogen-bond donors (Lipinski definition) is 4. The Bertz CT molecular complexity index is 1340. The molecule has 0 fully saturated rings.